The van der Waals surface area contributed by atoms with Crippen molar-refractivity contribution in [3.63, 3.8) is 0 Å². The first-order valence-electron chi connectivity index (χ1n) is 7.19. The summed E-state index contributed by atoms with van der Waals surface area (Å²) in [5, 5.41) is 0. The zero-order valence-electron chi connectivity index (χ0n) is 12.1. The third-order valence-corrected chi connectivity index (χ3v) is 4.25. The Bertz CT molecular complexity index is 620. The van der Waals surface area contributed by atoms with Crippen LogP contribution in [0.15, 0.2) is 90.1 Å². The van der Waals surface area contributed by atoms with Gasteiger partial charge in [-0.15, -0.1) is 0 Å². The maximum atomic E-state index is 2.33. The molecule has 1 atom stereocenters. The largest absolute Gasteiger partial charge is 0.0755 e. The van der Waals surface area contributed by atoms with Gasteiger partial charge in [-0.05, 0) is 25.0 Å². The Hall–Kier alpha value is -2.08. The van der Waals surface area contributed by atoms with E-state index in [1.165, 1.54) is 16.7 Å². The van der Waals surface area contributed by atoms with E-state index in [1.807, 2.05) is 0 Å². The predicted octanol–water partition coefficient (Wildman–Crippen LogP) is 5.13. The van der Waals surface area contributed by atoms with E-state index in [0.29, 0.717) is 5.92 Å². The third-order valence-electron chi connectivity index (χ3n) is 4.25. The molecule has 0 N–H and O–H groups in total. The van der Waals surface area contributed by atoms with Gasteiger partial charge in [-0.1, -0.05) is 84.5 Å². The van der Waals surface area contributed by atoms with E-state index in [0.717, 1.165) is 0 Å². The second kappa shape index (κ2) is 5.13. The van der Waals surface area contributed by atoms with Crippen LogP contribution in [-0.4, -0.2) is 0 Å². The summed E-state index contributed by atoms with van der Waals surface area (Å²) in [6, 6.07) is 10.8. The molecule has 0 bridgehead atoms. The molecule has 0 amide bonds. The first kappa shape index (κ1) is 12.9. The third kappa shape index (κ3) is 2.02. The van der Waals surface area contributed by atoms with E-state index in [9.17, 15) is 0 Å². The molecule has 2 aliphatic carbocycles. The minimum atomic E-state index is -0.0465. The summed E-state index contributed by atoms with van der Waals surface area (Å²) in [4.78, 5) is 0. The molecule has 0 fully saturated rings. The van der Waals surface area contributed by atoms with Gasteiger partial charge in [-0.2, -0.15) is 0 Å². The molecule has 3 rings (SSSR count). The minimum Gasteiger partial charge on any atom is -0.0755 e. The highest BCUT2D eigenvalue weighted by molar-refractivity contribution is 5.51. The van der Waals surface area contributed by atoms with Gasteiger partial charge in [-0.3, -0.25) is 0 Å². The number of benzene rings is 1. The first-order chi connectivity index (χ1) is 9.74. The molecule has 0 saturated carbocycles. The summed E-state index contributed by atoms with van der Waals surface area (Å²) in [6.07, 6.45) is 17.9. The van der Waals surface area contributed by atoms with E-state index in [-0.39, 0.29) is 5.41 Å². The average Bonchev–Trinajstić information content (AvgIpc) is 2.99. The Morgan fingerprint density at radius 2 is 1.60 bits per heavy atom. The van der Waals surface area contributed by atoms with Crippen molar-refractivity contribution in [3.8, 4) is 0 Å². The first-order valence-corrected chi connectivity index (χ1v) is 7.19. The standard InChI is InChI=1S/C20H20/c1-16(2)18-12-6-7-13-19(18)20(14-8-9-15-20)17-10-4-3-5-11-17/h3-15,19H,1-2H3. The van der Waals surface area contributed by atoms with E-state index in [1.54, 1.807) is 0 Å². The fourth-order valence-electron chi connectivity index (χ4n) is 3.23. The summed E-state index contributed by atoms with van der Waals surface area (Å²) in [7, 11) is 0. The van der Waals surface area contributed by atoms with Crippen LogP contribution >= 0.6 is 0 Å². The Labute approximate surface area is 121 Å². The van der Waals surface area contributed by atoms with Gasteiger partial charge in [0.2, 0.25) is 0 Å². The van der Waals surface area contributed by atoms with E-state index in [4.69, 9.17) is 0 Å². The maximum absolute atomic E-state index is 2.33. The van der Waals surface area contributed by atoms with E-state index >= 15 is 0 Å². The molecule has 20 heavy (non-hydrogen) atoms. The van der Waals surface area contributed by atoms with Crippen LogP contribution in [0.1, 0.15) is 19.4 Å². The molecule has 0 aromatic heterocycles. The van der Waals surface area contributed by atoms with Gasteiger partial charge in [0.1, 0.15) is 0 Å². The highest BCUT2D eigenvalue weighted by Crippen LogP contribution is 2.44. The maximum Gasteiger partial charge on any atom is 0.0421 e. The summed E-state index contributed by atoms with van der Waals surface area (Å²) in [5.41, 5.74) is 4.12. The van der Waals surface area contributed by atoms with Crippen LogP contribution in [0.4, 0.5) is 0 Å². The fraction of sp³-hybridized carbons (Fsp3) is 0.200. The van der Waals surface area contributed by atoms with Gasteiger partial charge in [0.15, 0.2) is 0 Å². The van der Waals surface area contributed by atoms with E-state index < -0.39 is 0 Å². The SMILES string of the molecule is CC(C)=C1C=CC=CC1C1(c2ccccc2)C=CC=C1. The molecule has 1 unspecified atom stereocenters. The van der Waals surface area contributed by atoms with Crippen molar-refractivity contribution in [1.82, 2.24) is 0 Å². The molecule has 0 heterocycles. The average molecular weight is 260 g/mol. The van der Waals surface area contributed by atoms with Crippen LogP contribution in [0.25, 0.3) is 0 Å². The Kier molecular flexibility index (Phi) is 3.31. The summed E-state index contributed by atoms with van der Waals surface area (Å²) >= 11 is 0. The van der Waals surface area contributed by atoms with Gasteiger partial charge in [0.25, 0.3) is 0 Å². The molecule has 100 valence electrons. The van der Waals surface area contributed by atoms with Crippen LogP contribution < -0.4 is 0 Å². The molecule has 0 aliphatic heterocycles. The molecular formula is C20H20. The second-order valence-electron chi connectivity index (χ2n) is 5.69. The van der Waals surface area contributed by atoms with Crippen LogP contribution in [0, 0.1) is 5.92 Å². The molecular weight excluding hydrogens is 240 g/mol. The Morgan fingerprint density at radius 3 is 2.25 bits per heavy atom. The molecule has 0 spiro atoms. The highest BCUT2D eigenvalue weighted by Gasteiger charge is 2.38. The summed E-state index contributed by atoms with van der Waals surface area (Å²) < 4.78 is 0. The topological polar surface area (TPSA) is 0 Å². The van der Waals surface area contributed by atoms with Crippen molar-refractivity contribution < 1.29 is 0 Å². The normalized spacial score (nSPS) is 22.5. The van der Waals surface area contributed by atoms with E-state index in [2.05, 4.69) is 92.8 Å². The van der Waals surface area contributed by atoms with Gasteiger partial charge in [0, 0.05) is 11.3 Å². The molecule has 0 nitrogen and oxygen atoms in total. The molecule has 0 radical (unpaired) electrons. The van der Waals surface area contributed by atoms with Gasteiger partial charge < -0.3 is 0 Å². The van der Waals surface area contributed by atoms with Crippen molar-refractivity contribution in [2.75, 3.05) is 0 Å². The Balaban J connectivity index is 2.16. The van der Waals surface area contributed by atoms with Gasteiger partial charge in [0.05, 0.1) is 0 Å². The number of hydrogen-bond donors (Lipinski definition) is 0. The summed E-state index contributed by atoms with van der Waals surface area (Å²) in [6.45, 7) is 4.40. The van der Waals surface area contributed by atoms with Crippen LogP contribution in [0.3, 0.4) is 0 Å². The minimum absolute atomic E-state index is 0.0465. The zero-order chi connectivity index (χ0) is 14.0. The molecule has 1 aromatic carbocycles. The van der Waals surface area contributed by atoms with Crippen molar-refractivity contribution in [2.45, 2.75) is 19.3 Å². The highest BCUT2D eigenvalue weighted by atomic mass is 14.4. The van der Waals surface area contributed by atoms with Crippen LogP contribution in [-0.2, 0) is 5.41 Å². The summed E-state index contributed by atoms with van der Waals surface area (Å²) in [5.74, 6) is 0.370. The van der Waals surface area contributed by atoms with Gasteiger partial charge >= 0.3 is 0 Å². The van der Waals surface area contributed by atoms with Crippen molar-refractivity contribution in [2.24, 2.45) is 5.92 Å². The molecule has 2 aliphatic rings. The Morgan fingerprint density at radius 1 is 0.900 bits per heavy atom. The second-order valence-corrected chi connectivity index (χ2v) is 5.69. The molecule has 0 saturated heterocycles. The quantitative estimate of drug-likeness (QED) is 0.691. The van der Waals surface area contributed by atoms with Crippen LogP contribution in [0.5, 0.6) is 0 Å². The van der Waals surface area contributed by atoms with Crippen molar-refractivity contribution in [3.05, 3.63) is 95.6 Å². The van der Waals surface area contributed by atoms with Crippen molar-refractivity contribution >= 4 is 0 Å². The predicted molar refractivity (Wildman–Crippen MR) is 86.5 cm³/mol. The number of allylic oxidation sites excluding steroid dienone is 10. The molecule has 0 heteroatoms. The lowest BCUT2D eigenvalue weighted by molar-refractivity contribution is 0.548. The van der Waals surface area contributed by atoms with Gasteiger partial charge in [-0.25, -0.2) is 0 Å². The number of hydrogen-bond acceptors (Lipinski definition) is 0. The van der Waals surface area contributed by atoms with Crippen LogP contribution in [0.2, 0.25) is 0 Å². The lowest BCUT2D eigenvalue weighted by atomic mass is 9.66. The lowest BCUT2D eigenvalue weighted by Crippen LogP contribution is -2.31. The molecule has 1 aromatic rings. The van der Waals surface area contributed by atoms with Crippen molar-refractivity contribution in [1.29, 1.82) is 0 Å². The lowest BCUT2D eigenvalue weighted by Gasteiger charge is -2.36. The zero-order valence-corrected chi connectivity index (χ0v) is 12.1. The monoisotopic (exact) mass is 260 g/mol. The number of rotatable bonds is 2. The smallest absolute Gasteiger partial charge is 0.0421 e. The fourth-order valence-corrected chi connectivity index (χ4v) is 3.23.